The van der Waals surface area contributed by atoms with Gasteiger partial charge in [0.1, 0.15) is 0 Å². The molecule has 2 rings (SSSR count). The fourth-order valence-corrected chi connectivity index (χ4v) is 4.14. The van der Waals surface area contributed by atoms with Gasteiger partial charge < -0.3 is 10.6 Å². The van der Waals surface area contributed by atoms with Gasteiger partial charge in [-0.25, -0.2) is 0 Å². The average molecular weight is 538 g/mol. The van der Waals surface area contributed by atoms with Crippen LogP contribution >= 0.6 is 47.3 Å². The lowest BCUT2D eigenvalue weighted by molar-refractivity contribution is 0.681. The summed E-state index contributed by atoms with van der Waals surface area (Å²) < 4.78 is 12.1. The van der Waals surface area contributed by atoms with Crippen molar-refractivity contribution in [2.75, 3.05) is 31.6 Å². The maximum absolute atomic E-state index is 12.1. The molecule has 27 heavy (non-hydrogen) atoms. The average Bonchev–Trinajstić information content (AvgIpc) is 2.66. The molecule has 0 aromatic heterocycles. The van der Waals surface area contributed by atoms with Crippen molar-refractivity contribution in [2.24, 2.45) is 4.99 Å². The van der Waals surface area contributed by atoms with Gasteiger partial charge in [-0.05, 0) is 29.8 Å². The van der Waals surface area contributed by atoms with Crippen LogP contribution in [0.3, 0.4) is 0 Å². The normalized spacial score (nSPS) is 12.1. The van der Waals surface area contributed by atoms with Crippen molar-refractivity contribution in [2.45, 2.75) is 10.6 Å². The van der Waals surface area contributed by atoms with Crippen LogP contribution in [0.5, 0.6) is 0 Å². The highest BCUT2D eigenvalue weighted by molar-refractivity contribution is 14.0. The predicted molar refractivity (Wildman–Crippen MR) is 130 cm³/mol. The number of thioether (sulfide) groups is 1. The lowest BCUT2D eigenvalue weighted by Crippen LogP contribution is -2.40. The highest BCUT2D eigenvalue weighted by Gasteiger charge is 2.03. The van der Waals surface area contributed by atoms with E-state index in [9.17, 15) is 4.21 Å². The number of halogens is 2. The second-order valence-corrected chi connectivity index (χ2v) is 8.68. The lowest BCUT2D eigenvalue weighted by Gasteiger charge is -2.11. The van der Waals surface area contributed by atoms with E-state index >= 15 is 0 Å². The monoisotopic (exact) mass is 537 g/mol. The summed E-state index contributed by atoms with van der Waals surface area (Å²) in [5.74, 6) is 2.84. The quantitative estimate of drug-likeness (QED) is 0.166. The van der Waals surface area contributed by atoms with Crippen LogP contribution in [-0.4, -0.2) is 41.8 Å². The first-order chi connectivity index (χ1) is 12.7. The zero-order chi connectivity index (χ0) is 18.6. The van der Waals surface area contributed by atoms with Gasteiger partial charge in [-0.15, -0.1) is 35.7 Å². The zero-order valence-corrected chi connectivity index (χ0v) is 19.9. The molecular weight excluding hydrogens is 513 g/mol. The number of guanidine groups is 1. The maximum Gasteiger partial charge on any atom is 0.191 e. The number of hydrogen-bond acceptors (Lipinski definition) is 3. The van der Waals surface area contributed by atoms with Gasteiger partial charge >= 0.3 is 0 Å². The molecule has 0 fully saturated rings. The number of rotatable bonds is 9. The summed E-state index contributed by atoms with van der Waals surface area (Å²) in [6, 6.07) is 17.7. The molecule has 0 saturated heterocycles. The first kappa shape index (κ1) is 24.3. The van der Waals surface area contributed by atoms with Gasteiger partial charge in [0.15, 0.2) is 5.96 Å². The van der Waals surface area contributed by atoms with Crippen LogP contribution < -0.4 is 10.6 Å². The van der Waals surface area contributed by atoms with E-state index < -0.39 is 10.8 Å². The molecular formula is C19H25ClIN3OS2. The van der Waals surface area contributed by atoms with Crippen LogP contribution in [0.2, 0.25) is 5.02 Å². The van der Waals surface area contributed by atoms with E-state index in [1.807, 2.05) is 54.6 Å². The molecule has 8 heteroatoms. The van der Waals surface area contributed by atoms with Crippen molar-refractivity contribution in [3.8, 4) is 0 Å². The molecule has 0 amide bonds. The first-order valence-corrected chi connectivity index (χ1v) is 11.2. The summed E-state index contributed by atoms with van der Waals surface area (Å²) in [4.78, 5) is 5.38. The van der Waals surface area contributed by atoms with Gasteiger partial charge in [-0.2, -0.15) is 0 Å². The molecule has 2 aromatic carbocycles. The molecule has 2 N–H and O–H groups in total. The van der Waals surface area contributed by atoms with E-state index in [4.69, 9.17) is 11.6 Å². The SMILES string of the molecule is CN=C(NCCSc1ccc(Cl)cc1)NCCS(=O)Cc1ccccc1.I. The smallest absolute Gasteiger partial charge is 0.191 e. The molecule has 0 aliphatic rings. The van der Waals surface area contributed by atoms with Gasteiger partial charge in [-0.3, -0.25) is 9.20 Å². The highest BCUT2D eigenvalue weighted by Crippen LogP contribution is 2.19. The Kier molecular flexibility index (Phi) is 12.8. The highest BCUT2D eigenvalue weighted by atomic mass is 127. The van der Waals surface area contributed by atoms with Gasteiger partial charge in [0.25, 0.3) is 0 Å². The second-order valence-electron chi connectivity index (χ2n) is 5.50. The number of nitrogens with zero attached hydrogens (tertiary/aromatic N) is 1. The van der Waals surface area contributed by atoms with Gasteiger partial charge in [0.2, 0.25) is 0 Å². The van der Waals surface area contributed by atoms with E-state index in [0.29, 0.717) is 18.1 Å². The minimum atomic E-state index is -0.884. The summed E-state index contributed by atoms with van der Waals surface area (Å²) in [6.07, 6.45) is 0. The van der Waals surface area contributed by atoms with E-state index in [1.54, 1.807) is 18.8 Å². The van der Waals surface area contributed by atoms with E-state index in [0.717, 1.165) is 28.8 Å². The Balaban J connectivity index is 0.00000364. The Hall–Kier alpha value is -0.770. The largest absolute Gasteiger partial charge is 0.356 e. The second kappa shape index (κ2) is 14.3. The van der Waals surface area contributed by atoms with Crippen LogP contribution in [0, 0.1) is 0 Å². The Morgan fingerprint density at radius 3 is 2.41 bits per heavy atom. The van der Waals surface area contributed by atoms with Crippen molar-refractivity contribution in [1.82, 2.24) is 10.6 Å². The summed E-state index contributed by atoms with van der Waals surface area (Å²) in [5.41, 5.74) is 1.10. The van der Waals surface area contributed by atoms with Crippen LogP contribution in [0.25, 0.3) is 0 Å². The van der Waals surface area contributed by atoms with Crippen molar-refractivity contribution >= 4 is 64.1 Å². The fourth-order valence-electron chi connectivity index (χ4n) is 2.21. The molecule has 0 saturated carbocycles. The van der Waals surface area contributed by atoms with Crippen LogP contribution in [0.1, 0.15) is 5.56 Å². The number of benzene rings is 2. The van der Waals surface area contributed by atoms with E-state index in [1.165, 1.54) is 4.90 Å². The van der Waals surface area contributed by atoms with Gasteiger partial charge in [0.05, 0.1) is 0 Å². The molecule has 0 bridgehead atoms. The van der Waals surface area contributed by atoms with Crippen molar-refractivity contribution in [3.05, 3.63) is 65.2 Å². The lowest BCUT2D eigenvalue weighted by atomic mass is 10.2. The first-order valence-electron chi connectivity index (χ1n) is 8.39. The summed E-state index contributed by atoms with van der Waals surface area (Å²) in [6.45, 7) is 1.42. The Bertz CT molecular complexity index is 715. The maximum atomic E-state index is 12.1. The van der Waals surface area contributed by atoms with Crippen molar-refractivity contribution < 1.29 is 4.21 Å². The predicted octanol–water partition coefficient (Wildman–Crippen LogP) is 4.16. The molecule has 2 aromatic rings. The van der Waals surface area contributed by atoms with E-state index in [-0.39, 0.29) is 24.0 Å². The number of hydrogen-bond donors (Lipinski definition) is 2. The summed E-state index contributed by atoms with van der Waals surface area (Å²) in [7, 11) is 0.855. The third-order valence-electron chi connectivity index (χ3n) is 3.49. The standard InChI is InChI=1S/C19H24ClN3OS2.HI/c1-21-19(22-11-13-25-18-9-7-17(20)8-10-18)23-12-14-26(24)15-16-5-3-2-4-6-16;/h2-10H,11-15H2,1H3,(H2,21,22,23);1H. The molecule has 0 aliphatic carbocycles. The van der Waals surface area contributed by atoms with Crippen LogP contribution in [0.4, 0.5) is 0 Å². The van der Waals surface area contributed by atoms with Crippen LogP contribution in [-0.2, 0) is 16.6 Å². The number of nitrogens with one attached hydrogen (secondary N) is 2. The molecule has 0 spiro atoms. The Morgan fingerprint density at radius 2 is 1.74 bits per heavy atom. The molecule has 1 unspecified atom stereocenters. The summed E-state index contributed by atoms with van der Waals surface area (Å²) >= 11 is 7.64. The minimum absolute atomic E-state index is 0. The molecule has 0 aliphatic heterocycles. The summed E-state index contributed by atoms with van der Waals surface area (Å²) in [5, 5.41) is 7.23. The third kappa shape index (κ3) is 10.4. The topological polar surface area (TPSA) is 53.5 Å². The van der Waals surface area contributed by atoms with Crippen molar-refractivity contribution in [3.63, 3.8) is 0 Å². The molecule has 1 atom stereocenters. The zero-order valence-electron chi connectivity index (χ0n) is 15.2. The Morgan fingerprint density at radius 1 is 1.07 bits per heavy atom. The van der Waals surface area contributed by atoms with Crippen molar-refractivity contribution in [1.29, 1.82) is 0 Å². The van der Waals surface area contributed by atoms with E-state index in [2.05, 4.69) is 15.6 Å². The van der Waals surface area contributed by atoms with Crippen LogP contribution in [0.15, 0.2) is 64.5 Å². The van der Waals surface area contributed by atoms with Gasteiger partial charge in [0, 0.05) is 58.1 Å². The molecule has 0 heterocycles. The fraction of sp³-hybridized carbons (Fsp3) is 0.316. The van der Waals surface area contributed by atoms with Gasteiger partial charge in [-0.1, -0.05) is 41.9 Å². The minimum Gasteiger partial charge on any atom is -0.356 e. The Labute approximate surface area is 190 Å². The molecule has 4 nitrogen and oxygen atoms in total. The molecule has 0 radical (unpaired) electrons. The third-order valence-corrected chi connectivity index (χ3v) is 6.07. The number of aliphatic imine (C=N–C) groups is 1. The molecule has 148 valence electrons.